The lowest BCUT2D eigenvalue weighted by Gasteiger charge is -2.39. The van der Waals surface area contributed by atoms with Gasteiger partial charge in [0.1, 0.15) is 0 Å². The van der Waals surface area contributed by atoms with E-state index in [4.69, 9.17) is 14.0 Å². The van der Waals surface area contributed by atoms with Gasteiger partial charge in [0.15, 0.2) is 0 Å². The molecule has 5 heteroatoms. The van der Waals surface area contributed by atoms with Crippen LogP contribution in [0, 0.1) is 5.41 Å². The minimum Gasteiger partial charge on any atom is -0.466 e. The molecular weight excluding hydrogens is 243 g/mol. The van der Waals surface area contributed by atoms with E-state index < -0.39 is 0 Å². The first kappa shape index (κ1) is 14.9. The number of esters is 1. The number of carbonyl (C=O) groups excluding carboxylic acids is 1. The van der Waals surface area contributed by atoms with Crippen LogP contribution in [-0.4, -0.2) is 30.9 Å². The van der Waals surface area contributed by atoms with E-state index >= 15 is 0 Å². The molecule has 1 saturated carbocycles. The summed E-state index contributed by atoms with van der Waals surface area (Å²) in [6.45, 7) is 10.4. The largest absolute Gasteiger partial charge is 0.466 e. The lowest BCUT2D eigenvalue weighted by molar-refractivity contribution is -0.159. The topological polar surface area (TPSA) is 44.8 Å². The number of carbonyl (C=O) groups is 1. The maximum absolute atomic E-state index is 12.1. The van der Waals surface area contributed by atoms with Gasteiger partial charge in [-0.15, -0.1) is 0 Å². The van der Waals surface area contributed by atoms with Gasteiger partial charge in [0.05, 0.1) is 23.2 Å². The molecule has 4 nitrogen and oxygen atoms in total. The number of rotatable bonds is 4. The molecule has 1 heterocycles. The van der Waals surface area contributed by atoms with E-state index in [9.17, 15) is 4.79 Å². The summed E-state index contributed by atoms with van der Waals surface area (Å²) in [6, 6.07) is 0. The molecule has 108 valence electrons. The Hall–Kier alpha value is -0.545. The zero-order valence-corrected chi connectivity index (χ0v) is 12.7. The van der Waals surface area contributed by atoms with Crippen LogP contribution < -0.4 is 0 Å². The first-order chi connectivity index (χ1) is 8.72. The quantitative estimate of drug-likeness (QED) is 0.581. The maximum atomic E-state index is 12.1. The van der Waals surface area contributed by atoms with E-state index in [1.807, 2.05) is 34.6 Å². The van der Waals surface area contributed by atoms with Crippen LogP contribution in [0.4, 0.5) is 0 Å². The van der Waals surface area contributed by atoms with Gasteiger partial charge in [-0.25, -0.2) is 0 Å². The first-order valence-electron chi connectivity index (χ1n) is 7.25. The molecule has 0 aromatic heterocycles. The van der Waals surface area contributed by atoms with Crippen LogP contribution >= 0.6 is 0 Å². The van der Waals surface area contributed by atoms with Gasteiger partial charge < -0.3 is 14.0 Å². The Morgan fingerprint density at radius 2 is 1.68 bits per heavy atom. The fraction of sp³-hybridized carbons (Fsp3) is 0.929. The van der Waals surface area contributed by atoms with Crippen LogP contribution in [0.5, 0.6) is 0 Å². The van der Waals surface area contributed by atoms with Gasteiger partial charge >= 0.3 is 13.1 Å². The van der Waals surface area contributed by atoms with Crippen LogP contribution in [-0.2, 0) is 18.8 Å². The lowest BCUT2D eigenvalue weighted by atomic mass is 9.57. The van der Waals surface area contributed by atoms with Gasteiger partial charge in [0.2, 0.25) is 0 Å². The maximum Gasteiger partial charge on any atom is 0.458 e. The molecule has 1 saturated heterocycles. The Morgan fingerprint density at radius 1 is 1.16 bits per heavy atom. The Morgan fingerprint density at radius 3 is 2.05 bits per heavy atom. The molecule has 0 unspecified atom stereocenters. The molecule has 2 fully saturated rings. The molecule has 0 atom stereocenters. The summed E-state index contributed by atoms with van der Waals surface area (Å²) in [7, 11) is -0.310. The molecule has 0 aromatic carbocycles. The molecule has 0 amide bonds. The molecule has 1 aliphatic carbocycles. The standard InChI is InChI=1S/C14H25BO4/c1-6-17-11(16)14(8-7-9-14)10-15-18-12(2,3)13(4,5)19-15/h6-10H2,1-5H3. The third-order valence-electron chi connectivity index (χ3n) is 4.88. The molecular formula is C14H25BO4. The van der Waals surface area contributed by atoms with Crippen LogP contribution in [0.3, 0.4) is 0 Å². The van der Waals surface area contributed by atoms with Crippen molar-refractivity contribution in [3.8, 4) is 0 Å². The second-order valence-electron chi connectivity index (χ2n) is 6.74. The molecule has 2 aliphatic rings. The predicted octanol–water partition coefficient (Wildman–Crippen LogP) is 2.81. The van der Waals surface area contributed by atoms with Crippen molar-refractivity contribution in [2.24, 2.45) is 5.41 Å². The SMILES string of the molecule is CCOC(=O)C1(CB2OC(C)(C)C(C)(C)O2)CCC1. The van der Waals surface area contributed by atoms with E-state index in [2.05, 4.69) is 0 Å². The average Bonchev–Trinajstić information content (AvgIpc) is 2.41. The molecule has 19 heavy (non-hydrogen) atoms. The first-order valence-corrected chi connectivity index (χ1v) is 7.25. The van der Waals surface area contributed by atoms with Crippen LogP contribution in [0.15, 0.2) is 0 Å². The molecule has 0 aromatic rings. The number of hydrogen-bond acceptors (Lipinski definition) is 4. The molecule has 1 aliphatic heterocycles. The highest BCUT2D eigenvalue weighted by Gasteiger charge is 2.56. The van der Waals surface area contributed by atoms with Gasteiger partial charge in [0.25, 0.3) is 0 Å². The van der Waals surface area contributed by atoms with Crippen molar-refractivity contribution in [2.45, 2.75) is 71.4 Å². The summed E-state index contributed by atoms with van der Waals surface area (Å²) >= 11 is 0. The van der Waals surface area contributed by atoms with E-state index in [-0.39, 0.29) is 29.7 Å². The highest BCUT2D eigenvalue weighted by molar-refractivity contribution is 6.46. The van der Waals surface area contributed by atoms with Crippen molar-refractivity contribution < 1.29 is 18.8 Å². The highest BCUT2D eigenvalue weighted by atomic mass is 16.7. The normalized spacial score (nSPS) is 26.9. The molecule has 0 N–H and O–H groups in total. The molecule has 0 radical (unpaired) electrons. The van der Waals surface area contributed by atoms with Gasteiger partial charge in [-0.3, -0.25) is 4.79 Å². The summed E-state index contributed by atoms with van der Waals surface area (Å²) in [4.78, 5) is 12.1. The highest BCUT2D eigenvalue weighted by Crippen LogP contribution is 2.49. The fourth-order valence-electron chi connectivity index (χ4n) is 2.75. The Balaban J connectivity index is 2.03. The second kappa shape index (κ2) is 4.78. The smallest absolute Gasteiger partial charge is 0.458 e. The van der Waals surface area contributed by atoms with E-state index in [0.717, 1.165) is 19.3 Å². The average molecular weight is 268 g/mol. The third-order valence-corrected chi connectivity index (χ3v) is 4.88. The summed E-state index contributed by atoms with van der Waals surface area (Å²) in [5.41, 5.74) is -1.05. The second-order valence-corrected chi connectivity index (χ2v) is 6.74. The fourth-order valence-corrected chi connectivity index (χ4v) is 2.75. The minimum atomic E-state index is -0.378. The Bertz CT molecular complexity index is 344. The summed E-state index contributed by atoms with van der Waals surface area (Å²) in [5.74, 6) is -0.0871. The molecule has 0 spiro atoms. The Kier molecular flexibility index (Phi) is 3.73. The van der Waals surface area contributed by atoms with Crippen molar-refractivity contribution >= 4 is 13.1 Å². The predicted molar refractivity (Wildman–Crippen MR) is 73.8 cm³/mol. The van der Waals surface area contributed by atoms with Gasteiger partial charge in [0, 0.05) is 0 Å². The van der Waals surface area contributed by atoms with Crippen LogP contribution in [0.1, 0.15) is 53.9 Å². The van der Waals surface area contributed by atoms with Crippen LogP contribution in [0.2, 0.25) is 6.32 Å². The van der Waals surface area contributed by atoms with E-state index in [0.29, 0.717) is 12.9 Å². The van der Waals surface area contributed by atoms with Crippen molar-refractivity contribution in [2.75, 3.05) is 6.61 Å². The minimum absolute atomic E-state index is 0.0871. The Labute approximate surface area is 116 Å². The van der Waals surface area contributed by atoms with E-state index in [1.54, 1.807) is 0 Å². The van der Waals surface area contributed by atoms with E-state index in [1.165, 1.54) is 0 Å². The molecule has 2 rings (SSSR count). The van der Waals surface area contributed by atoms with Gasteiger partial charge in [-0.05, 0) is 53.8 Å². The van der Waals surface area contributed by atoms with Crippen LogP contribution in [0.25, 0.3) is 0 Å². The number of hydrogen-bond donors (Lipinski definition) is 0. The zero-order chi connectivity index (χ0) is 14.3. The van der Waals surface area contributed by atoms with Crippen molar-refractivity contribution in [3.63, 3.8) is 0 Å². The summed E-state index contributed by atoms with van der Waals surface area (Å²) < 4.78 is 17.2. The third kappa shape index (κ3) is 2.55. The van der Waals surface area contributed by atoms with Gasteiger partial charge in [-0.1, -0.05) is 6.42 Å². The summed E-state index contributed by atoms with van der Waals surface area (Å²) in [6.07, 6.45) is 3.46. The number of ether oxygens (including phenoxy) is 1. The van der Waals surface area contributed by atoms with Crippen molar-refractivity contribution in [3.05, 3.63) is 0 Å². The van der Waals surface area contributed by atoms with Crippen molar-refractivity contribution in [1.82, 2.24) is 0 Å². The van der Waals surface area contributed by atoms with Gasteiger partial charge in [-0.2, -0.15) is 0 Å². The monoisotopic (exact) mass is 268 g/mol. The zero-order valence-electron chi connectivity index (χ0n) is 12.7. The lowest BCUT2D eigenvalue weighted by Crippen LogP contribution is -2.43. The molecule has 0 bridgehead atoms. The summed E-state index contributed by atoms with van der Waals surface area (Å²) in [5, 5.41) is 0. The van der Waals surface area contributed by atoms with Crippen molar-refractivity contribution in [1.29, 1.82) is 0 Å².